The van der Waals surface area contributed by atoms with E-state index in [-0.39, 0.29) is 0 Å². The zero-order chi connectivity index (χ0) is 31.5. The van der Waals surface area contributed by atoms with Crippen LogP contribution in [0.15, 0.2) is 139 Å². The maximum absolute atomic E-state index is 2.41. The van der Waals surface area contributed by atoms with E-state index in [2.05, 4.69) is 170 Å². The molecule has 0 spiro atoms. The highest BCUT2D eigenvalue weighted by Crippen LogP contribution is 2.44. The van der Waals surface area contributed by atoms with E-state index in [1.807, 2.05) is 0 Å². The Balaban J connectivity index is 1.37. The van der Waals surface area contributed by atoms with Crippen LogP contribution in [0.25, 0.3) is 16.8 Å². The average molecular weight is 599 g/mol. The van der Waals surface area contributed by atoms with Crippen molar-refractivity contribution < 1.29 is 0 Å². The Labute approximate surface area is 274 Å². The summed E-state index contributed by atoms with van der Waals surface area (Å²) in [6.45, 7) is 6.43. The summed E-state index contributed by atoms with van der Waals surface area (Å²) in [4.78, 5) is 4.79. The second-order valence-electron chi connectivity index (χ2n) is 12.8. The van der Waals surface area contributed by atoms with Crippen LogP contribution < -0.4 is 9.80 Å². The van der Waals surface area contributed by atoms with Crippen LogP contribution in [0.5, 0.6) is 0 Å². The van der Waals surface area contributed by atoms with Gasteiger partial charge >= 0.3 is 0 Å². The molecule has 1 aliphatic rings. The van der Waals surface area contributed by atoms with Crippen LogP contribution in [0.4, 0.5) is 34.1 Å². The first-order chi connectivity index (χ1) is 22.5. The molecule has 0 amide bonds. The summed E-state index contributed by atoms with van der Waals surface area (Å²) < 4.78 is 0. The fraction of sp³-hybridized carbons (Fsp3) is 0.182. The molecule has 46 heavy (non-hydrogen) atoms. The molecule has 6 aromatic carbocycles. The standard InChI is InChI=1S/C44H42N2/c1-32-15-23-37(24-16-32)45(38-25-17-33(2)18-26-38)43-13-7-12-42-41(43)11-8-14-44(42)46(39-27-19-34(3)20-28-39)40-29-21-36(22-30-40)31-35-9-5-4-6-10-35/h7-8,11-31H,4-6,9-10H2,1-3H3. The van der Waals surface area contributed by atoms with Crippen molar-refractivity contribution in [2.75, 3.05) is 9.80 Å². The first kappa shape index (κ1) is 29.6. The number of hydrogen-bond acceptors (Lipinski definition) is 2. The molecule has 0 N–H and O–H groups in total. The molecular formula is C44H42N2. The molecule has 0 radical (unpaired) electrons. The van der Waals surface area contributed by atoms with E-state index in [1.54, 1.807) is 5.57 Å². The lowest BCUT2D eigenvalue weighted by Crippen LogP contribution is -2.12. The van der Waals surface area contributed by atoms with Crippen molar-refractivity contribution >= 4 is 51.0 Å². The smallest absolute Gasteiger partial charge is 0.0540 e. The van der Waals surface area contributed by atoms with Crippen molar-refractivity contribution in [2.24, 2.45) is 0 Å². The lowest BCUT2D eigenvalue weighted by Gasteiger charge is -2.30. The van der Waals surface area contributed by atoms with E-state index >= 15 is 0 Å². The number of fused-ring (bicyclic) bond motifs is 1. The van der Waals surface area contributed by atoms with Gasteiger partial charge in [0.2, 0.25) is 0 Å². The van der Waals surface area contributed by atoms with Crippen LogP contribution in [0.2, 0.25) is 0 Å². The van der Waals surface area contributed by atoms with Gasteiger partial charge in [-0.05, 0) is 113 Å². The Morgan fingerprint density at radius 1 is 0.413 bits per heavy atom. The minimum Gasteiger partial charge on any atom is -0.310 e. The molecule has 1 saturated carbocycles. The van der Waals surface area contributed by atoms with Crippen molar-refractivity contribution in [1.29, 1.82) is 0 Å². The molecule has 0 aliphatic heterocycles. The van der Waals surface area contributed by atoms with Crippen LogP contribution in [-0.2, 0) is 0 Å². The lowest BCUT2D eigenvalue weighted by molar-refractivity contribution is 0.602. The maximum atomic E-state index is 2.41. The summed E-state index contributed by atoms with van der Waals surface area (Å²) >= 11 is 0. The zero-order valence-corrected chi connectivity index (χ0v) is 27.2. The third-order valence-electron chi connectivity index (χ3n) is 9.25. The van der Waals surface area contributed by atoms with Crippen molar-refractivity contribution in [2.45, 2.75) is 52.9 Å². The van der Waals surface area contributed by atoms with Gasteiger partial charge < -0.3 is 9.80 Å². The van der Waals surface area contributed by atoms with Crippen molar-refractivity contribution in [1.82, 2.24) is 0 Å². The van der Waals surface area contributed by atoms with Crippen molar-refractivity contribution in [3.63, 3.8) is 0 Å². The topological polar surface area (TPSA) is 6.48 Å². The van der Waals surface area contributed by atoms with E-state index in [1.165, 1.54) is 65.1 Å². The monoisotopic (exact) mass is 598 g/mol. The molecule has 0 saturated heterocycles. The Morgan fingerprint density at radius 3 is 1.17 bits per heavy atom. The second kappa shape index (κ2) is 13.1. The van der Waals surface area contributed by atoms with Gasteiger partial charge in [-0.1, -0.05) is 108 Å². The molecule has 0 bridgehead atoms. The first-order valence-electron chi connectivity index (χ1n) is 16.6. The summed E-state index contributed by atoms with van der Waals surface area (Å²) in [5.41, 5.74) is 13.5. The number of nitrogens with zero attached hydrogens (tertiary/aromatic N) is 2. The van der Waals surface area contributed by atoms with Gasteiger partial charge in [0.1, 0.15) is 0 Å². The second-order valence-corrected chi connectivity index (χ2v) is 12.8. The van der Waals surface area contributed by atoms with Crippen LogP contribution in [0, 0.1) is 20.8 Å². The fourth-order valence-electron chi connectivity index (χ4n) is 6.71. The molecule has 0 aromatic heterocycles. The molecule has 6 aromatic rings. The van der Waals surface area contributed by atoms with Gasteiger partial charge in [-0.15, -0.1) is 0 Å². The predicted molar refractivity (Wildman–Crippen MR) is 199 cm³/mol. The van der Waals surface area contributed by atoms with E-state index in [0.717, 1.165) is 34.1 Å². The van der Waals surface area contributed by atoms with Gasteiger partial charge in [-0.2, -0.15) is 0 Å². The van der Waals surface area contributed by atoms with E-state index in [0.29, 0.717) is 0 Å². The number of aryl methyl sites for hydroxylation is 3. The van der Waals surface area contributed by atoms with Crippen molar-refractivity contribution in [3.05, 3.63) is 161 Å². The Morgan fingerprint density at radius 2 is 0.783 bits per heavy atom. The number of rotatable bonds is 7. The molecule has 7 rings (SSSR count). The van der Waals surface area contributed by atoms with Crippen molar-refractivity contribution in [3.8, 4) is 0 Å². The number of hydrogen-bond donors (Lipinski definition) is 0. The van der Waals surface area contributed by atoms with Gasteiger partial charge in [-0.3, -0.25) is 0 Å². The molecule has 1 aliphatic carbocycles. The van der Waals surface area contributed by atoms with E-state index < -0.39 is 0 Å². The molecule has 0 atom stereocenters. The molecular weight excluding hydrogens is 556 g/mol. The van der Waals surface area contributed by atoms with Gasteiger partial charge in [-0.25, -0.2) is 0 Å². The molecule has 228 valence electrons. The highest BCUT2D eigenvalue weighted by Gasteiger charge is 2.20. The van der Waals surface area contributed by atoms with Crippen LogP contribution in [-0.4, -0.2) is 0 Å². The highest BCUT2D eigenvalue weighted by atomic mass is 15.2. The van der Waals surface area contributed by atoms with Crippen LogP contribution in [0.1, 0.15) is 54.4 Å². The summed E-state index contributed by atoms with van der Waals surface area (Å²) in [7, 11) is 0. The molecule has 2 heteroatoms. The molecule has 0 unspecified atom stereocenters. The van der Waals surface area contributed by atoms with Gasteiger partial charge in [0, 0.05) is 33.5 Å². The fourth-order valence-corrected chi connectivity index (χ4v) is 6.71. The summed E-state index contributed by atoms with van der Waals surface area (Å²) in [5.74, 6) is 0. The minimum atomic E-state index is 1.14. The molecule has 1 fully saturated rings. The molecule has 0 heterocycles. The molecule has 2 nitrogen and oxygen atoms in total. The lowest BCUT2D eigenvalue weighted by atomic mass is 9.93. The Hall–Kier alpha value is -5.08. The number of anilines is 6. The average Bonchev–Trinajstić information content (AvgIpc) is 3.09. The van der Waals surface area contributed by atoms with E-state index in [9.17, 15) is 0 Å². The largest absolute Gasteiger partial charge is 0.310 e. The zero-order valence-electron chi connectivity index (χ0n) is 27.2. The van der Waals surface area contributed by atoms with Gasteiger partial charge in [0.15, 0.2) is 0 Å². The highest BCUT2D eigenvalue weighted by molar-refractivity contribution is 6.06. The SMILES string of the molecule is Cc1ccc(N(c2ccc(C)cc2)c2cccc3c(N(c4ccc(C)cc4)c4ccc(C=C5CCCCC5)cc4)cccc23)cc1. The Kier molecular flexibility index (Phi) is 8.44. The van der Waals surface area contributed by atoms with Gasteiger partial charge in [0.25, 0.3) is 0 Å². The third-order valence-corrected chi connectivity index (χ3v) is 9.25. The maximum Gasteiger partial charge on any atom is 0.0540 e. The third kappa shape index (κ3) is 6.21. The number of allylic oxidation sites excluding steroid dienone is 1. The first-order valence-corrected chi connectivity index (χ1v) is 16.6. The Bertz CT molecular complexity index is 1910. The summed E-state index contributed by atoms with van der Waals surface area (Å²) in [6.07, 6.45) is 8.88. The quantitative estimate of drug-likeness (QED) is 0.180. The number of benzene rings is 6. The minimum absolute atomic E-state index is 1.14. The summed E-state index contributed by atoms with van der Waals surface area (Å²) in [6, 6.07) is 49.1. The van der Waals surface area contributed by atoms with Crippen LogP contribution in [0.3, 0.4) is 0 Å². The summed E-state index contributed by atoms with van der Waals surface area (Å²) in [5, 5.41) is 2.41. The predicted octanol–water partition coefficient (Wildman–Crippen LogP) is 13.1. The van der Waals surface area contributed by atoms with E-state index in [4.69, 9.17) is 0 Å². The van der Waals surface area contributed by atoms with Crippen LogP contribution >= 0.6 is 0 Å². The van der Waals surface area contributed by atoms with Gasteiger partial charge in [0.05, 0.1) is 11.4 Å². The normalized spacial score (nSPS) is 13.1.